The van der Waals surface area contributed by atoms with Gasteiger partial charge >= 0.3 is 0 Å². The van der Waals surface area contributed by atoms with E-state index in [0.29, 0.717) is 12.0 Å². The van der Waals surface area contributed by atoms with Gasteiger partial charge in [-0.2, -0.15) is 0 Å². The zero-order valence-corrected chi connectivity index (χ0v) is 8.72. The molecule has 1 aromatic rings. The number of halogens is 1. The molecule has 3 rings (SSSR count). The summed E-state index contributed by atoms with van der Waals surface area (Å²) in [6, 6.07) is 8.46. The van der Waals surface area contributed by atoms with Crippen LogP contribution in [0.25, 0.3) is 0 Å². The monoisotopic (exact) mass is 211 g/mol. The van der Waals surface area contributed by atoms with Gasteiger partial charge in [-0.05, 0) is 12.5 Å². The molecule has 2 nitrogen and oxygen atoms in total. The number of hydrogen-bond acceptors (Lipinski definition) is 2. The summed E-state index contributed by atoms with van der Waals surface area (Å²) in [5.74, 6) is 0.690. The Hall–Kier alpha value is -0.730. The summed E-state index contributed by atoms with van der Waals surface area (Å²) in [4.78, 5) is 0. The Morgan fingerprint density at radius 2 is 2.14 bits per heavy atom. The van der Waals surface area contributed by atoms with Crippen molar-refractivity contribution in [2.45, 2.75) is 12.5 Å². The molecule has 2 aliphatic heterocycles. The zero-order valence-electron chi connectivity index (χ0n) is 7.90. The van der Waals surface area contributed by atoms with Gasteiger partial charge < -0.3 is 10.1 Å². The molecular weight excluding hydrogens is 198 g/mol. The molecule has 2 aliphatic rings. The van der Waals surface area contributed by atoms with Crippen LogP contribution in [0.1, 0.15) is 18.1 Å². The molecule has 2 unspecified atom stereocenters. The summed E-state index contributed by atoms with van der Waals surface area (Å²) in [5, 5.41) is 3.45. The highest BCUT2D eigenvalue weighted by atomic mass is 35.5. The number of ether oxygens (including phenoxy) is 1. The summed E-state index contributed by atoms with van der Waals surface area (Å²) in [7, 11) is 0. The standard InChI is InChI=1S/C11H13NO.ClH/c1-2-4-10-9(3-1)11-8(7-12-10)5-6-13-11;/h1-4,8,11-12H,5-7H2;1H. The highest BCUT2D eigenvalue weighted by Gasteiger charge is 2.33. The molecule has 0 aromatic heterocycles. The van der Waals surface area contributed by atoms with Crippen LogP contribution in [0.4, 0.5) is 5.69 Å². The fraction of sp³-hybridized carbons (Fsp3) is 0.455. The van der Waals surface area contributed by atoms with E-state index < -0.39 is 0 Å². The molecule has 1 fully saturated rings. The molecular formula is C11H14ClNO. The van der Waals surface area contributed by atoms with Gasteiger partial charge in [-0.15, -0.1) is 12.4 Å². The van der Waals surface area contributed by atoms with Crippen LogP contribution in [0, 0.1) is 5.92 Å². The predicted molar refractivity (Wildman–Crippen MR) is 59.0 cm³/mol. The lowest BCUT2D eigenvalue weighted by atomic mass is 9.91. The van der Waals surface area contributed by atoms with Crippen LogP contribution in [-0.4, -0.2) is 13.2 Å². The van der Waals surface area contributed by atoms with Gasteiger partial charge in [0.05, 0.1) is 6.10 Å². The van der Waals surface area contributed by atoms with Gasteiger partial charge in [0.15, 0.2) is 0 Å². The molecule has 0 bridgehead atoms. The predicted octanol–water partition coefficient (Wildman–Crippen LogP) is 2.61. The van der Waals surface area contributed by atoms with Crippen LogP contribution in [-0.2, 0) is 4.74 Å². The minimum absolute atomic E-state index is 0. The van der Waals surface area contributed by atoms with E-state index in [2.05, 4.69) is 29.6 Å². The third-order valence-corrected chi connectivity index (χ3v) is 3.04. The fourth-order valence-corrected chi connectivity index (χ4v) is 2.33. The van der Waals surface area contributed by atoms with Gasteiger partial charge in [0, 0.05) is 30.3 Å². The lowest BCUT2D eigenvalue weighted by Gasteiger charge is -2.28. The average Bonchev–Trinajstić information content (AvgIpc) is 2.65. The van der Waals surface area contributed by atoms with Crippen molar-refractivity contribution in [3.8, 4) is 0 Å². The van der Waals surface area contributed by atoms with E-state index in [9.17, 15) is 0 Å². The lowest BCUT2D eigenvalue weighted by molar-refractivity contribution is 0.0912. The van der Waals surface area contributed by atoms with E-state index >= 15 is 0 Å². The maximum atomic E-state index is 5.74. The van der Waals surface area contributed by atoms with Crippen molar-refractivity contribution in [3.63, 3.8) is 0 Å². The molecule has 0 aliphatic carbocycles. The van der Waals surface area contributed by atoms with Crippen molar-refractivity contribution >= 4 is 18.1 Å². The van der Waals surface area contributed by atoms with Gasteiger partial charge in [0.25, 0.3) is 0 Å². The quantitative estimate of drug-likeness (QED) is 0.713. The highest BCUT2D eigenvalue weighted by molar-refractivity contribution is 5.85. The van der Waals surface area contributed by atoms with Crippen LogP contribution in [0.5, 0.6) is 0 Å². The number of para-hydroxylation sites is 1. The van der Waals surface area contributed by atoms with Crippen molar-refractivity contribution < 1.29 is 4.74 Å². The van der Waals surface area contributed by atoms with Gasteiger partial charge in [0.2, 0.25) is 0 Å². The molecule has 0 saturated carbocycles. The van der Waals surface area contributed by atoms with Crippen LogP contribution < -0.4 is 5.32 Å². The van der Waals surface area contributed by atoms with Gasteiger partial charge in [0.1, 0.15) is 0 Å². The Bertz CT molecular complexity index is 329. The fourth-order valence-electron chi connectivity index (χ4n) is 2.33. The van der Waals surface area contributed by atoms with Crippen molar-refractivity contribution in [1.82, 2.24) is 0 Å². The lowest BCUT2D eigenvalue weighted by Crippen LogP contribution is -2.24. The first-order chi connectivity index (χ1) is 6.45. The molecule has 0 radical (unpaired) electrons. The van der Waals surface area contributed by atoms with E-state index in [1.807, 2.05) is 0 Å². The first-order valence-corrected chi connectivity index (χ1v) is 4.89. The van der Waals surface area contributed by atoms with E-state index in [4.69, 9.17) is 4.74 Å². The number of fused-ring (bicyclic) bond motifs is 3. The topological polar surface area (TPSA) is 21.3 Å². The first-order valence-electron chi connectivity index (χ1n) is 4.89. The second-order valence-corrected chi connectivity index (χ2v) is 3.81. The Labute approximate surface area is 90.1 Å². The average molecular weight is 212 g/mol. The number of nitrogens with one attached hydrogen (secondary N) is 1. The summed E-state index contributed by atoms with van der Waals surface area (Å²) in [5.41, 5.74) is 2.60. The van der Waals surface area contributed by atoms with Crippen molar-refractivity contribution in [2.24, 2.45) is 5.92 Å². The Balaban J connectivity index is 0.000000750. The third-order valence-electron chi connectivity index (χ3n) is 3.04. The normalized spacial score (nSPS) is 28.3. The second-order valence-electron chi connectivity index (χ2n) is 3.81. The van der Waals surface area contributed by atoms with E-state index in [1.54, 1.807) is 0 Å². The molecule has 1 saturated heterocycles. The second kappa shape index (κ2) is 3.79. The SMILES string of the molecule is Cl.c1ccc2c(c1)NCC1CCOC21. The smallest absolute Gasteiger partial charge is 0.0890 e. The molecule has 2 heterocycles. The minimum Gasteiger partial charge on any atom is -0.384 e. The van der Waals surface area contributed by atoms with Crippen LogP contribution in [0.3, 0.4) is 0 Å². The third kappa shape index (κ3) is 1.39. The van der Waals surface area contributed by atoms with E-state index in [0.717, 1.165) is 13.2 Å². The van der Waals surface area contributed by atoms with Crippen molar-refractivity contribution in [2.75, 3.05) is 18.5 Å². The van der Waals surface area contributed by atoms with Gasteiger partial charge in [-0.3, -0.25) is 0 Å². The molecule has 2 atom stereocenters. The Kier molecular flexibility index (Phi) is 2.66. The Morgan fingerprint density at radius 3 is 3.07 bits per heavy atom. The summed E-state index contributed by atoms with van der Waals surface area (Å²) in [6.45, 7) is 1.99. The molecule has 0 spiro atoms. The maximum Gasteiger partial charge on any atom is 0.0890 e. The summed E-state index contributed by atoms with van der Waals surface area (Å²) < 4.78 is 5.74. The molecule has 14 heavy (non-hydrogen) atoms. The van der Waals surface area contributed by atoms with Crippen molar-refractivity contribution in [3.05, 3.63) is 29.8 Å². The number of benzene rings is 1. The van der Waals surface area contributed by atoms with E-state index in [-0.39, 0.29) is 12.4 Å². The van der Waals surface area contributed by atoms with E-state index in [1.165, 1.54) is 17.7 Å². The largest absolute Gasteiger partial charge is 0.384 e. The molecule has 3 heteroatoms. The molecule has 76 valence electrons. The molecule has 1 N–H and O–H groups in total. The highest BCUT2D eigenvalue weighted by Crippen LogP contribution is 2.41. The zero-order chi connectivity index (χ0) is 8.67. The molecule has 1 aromatic carbocycles. The van der Waals surface area contributed by atoms with Crippen LogP contribution in [0.2, 0.25) is 0 Å². The van der Waals surface area contributed by atoms with Crippen LogP contribution in [0.15, 0.2) is 24.3 Å². The number of rotatable bonds is 0. The number of anilines is 1. The summed E-state index contributed by atoms with van der Waals surface area (Å²) >= 11 is 0. The van der Waals surface area contributed by atoms with Gasteiger partial charge in [-0.1, -0.05) is 18.2 Å². The van der Waals surface area contributed by atoms with Crippen molar-refractivity contribution in [1.29, 1.82) is 0 Å². The summed E-state index contributed by atoms with van der Waals surface area (Å²) in [6.07, 6.45) is 1.56. The van der Waals surface area contributed by atoms with Gasteiger partial charge in [-0.25, -0.2) is 0 Å². The Morgan fingerprint density at radius 1 is 1.29 bits per heavy atom. The minimum atomic E-state index is 0. The van der Waals surface area contributed by atoms with Crippen LogP contribution >= 0.6 is 12.4 Å². The molecule has 0 amide bonds. The maximum absolute atomic E-state index is 5.74. The first kappa shape index (κ1) is 9.81. The number of hydrogen-bond donors (Lipinski definition) is 1.